The van der Waals surface area contributed by atoms with Crippen LogP contribution in [0.1, 0.15) is 38.5 Å². The predicted octanol–water partition coefficient (Wildman–Crippen LogP) is 1.94. The van der Waals surface area contributed by atoms with Gasteiger partial charge in [0, 0.05) is 0 Å². The molecule has 16 heavy (non-hydrogen) atoms. The monoisotopic (exact) mass is 219 g/mol. The van der Waals surface area contributed by atoms with Gasteiger partial charge in [-0.25, -0.2) is 0 Å². The van der Waals surface area contributed by atoms with Crippen LogP contribution in [0.2, 0.25) is 0 Å². The van der Waals surface area contributed by atoms with E-state index in [0.717, 1.165) is 17.8 Å². The maximum atomic E-state index is 2.72. The van der Waals surface area contributed by atoms with E-state index in [2.05, 4.69) is 22.9 Å². The zero-order valence-electron chi connectivity index (χ0n) is 10.4. The Balaban J connectivity index is 1.66. The molecule has 4 fully saturated rings. The molecule has 0 saturated heterocycles. The Morgan fingerprint density at radius 2 is 1.62 bits per heavy atom. The van der Waals surface area contributed by atoms with Gasteiger partial charge >= 0.3 is 0 Å². The maximum absolute atomic E-state index is 2.72. The van der Waals surface area contributed by atoms with Crippen LogP contribution in [0.25, 0.3) is 0 Å². The predicted molar refractivity (Wildman–Crippen MR) is 64.7 cm³/mol. The minimum absolute atomic E-state index is 0.597. The van der Waals surface area contributed by atoms with Crippen molar-refractivity contribution in [3.05, 3.63) is 0 Å². The Bertz CT molecular complexity index is 309. The summed E-state index contributed by atoms with van der Waals surface area (Å²) in [4.78, 5) is 2.72. The molecule has 0 aromatic heterocycles. The molecule has 0 unspecified atom stereocenters. The van der Waals surface area contributed by atoms with Crippen LogP contribution in [0.5, 0.6) is 0 Å². The van der Waals surface area contributed by atoms with Gasteiger partial charge in [0.05, 0.1) is 7.05 Å². The highest BCUT2D eigenvalue weighted by Crippen LogP contribution is 2.57. The summed E-state index contributed by atoms with van der Waals surface area (Å²) < 4.78 is 2.37. The first-order valence-corrected chi connectivity index (χ1v) is 7.05. The highest BCUT2D eigenvalue weighted by molar-refractivity contribution is 5.52. The van der Waals surface area contributed by atoms with Crippen molar-refractivity contribution < 1.29 is 4.58 Å². The van der Waals surface area contributed by atoms with Crippen LogP contribution < -0.4 is 0 Å². The fraction of sp³-hybridized carbons (Fsp3) is 0.929. The van der Waals surface area contributed by atoms with E-state index >= 15 is 0 Å². The topological polar surface area (TPSA) is 6.25 Å². The van der Waals surface area contributed by atoms with Gasteiger partial charge in [0.1, 0.15) is 18.6 Å². The zero-order valence-corrected chi connectivity index (χ0v) is 10.4. The molecule has 4 bridgehead atoms. The van der Waals surface area contributed by atoms with Crippen LogP contribution in [-0.2, 0) is 0 Å². The van der Waals surface area contributed by atoms with Gasteiger partial charge in [-0.2, -0.15) is 0 Å². The van der Waals surface area contributed by atoms with Crippen molar-refractivity contribution in [3.8, 4) is 0 Å². The highest BCUT2D eigenvalue weighted by Gasteiger charge is 2.56. The maximum Gasteiger partial charge on any atom is 0.234 e. The van der Waals surface area contributed by atoms with Gasteiger partial charge in [-0.05, 0) is 56.3 Å². The first-order chi connectivity index (χ1) is 7.73. The summed E-state index contributed by atoms with van der Waals surface area (Å²) in [5.74, 6) is 3.22. The zero-order chi connectivity index (χ0) is 10.8. The lowest BCUT2D eigenvalue weighted by Crippen LogP contribution is -2.59. The molecule has 0 radical (unpaired) electrons. The quantitative estimate of drug-likeness (QED) is 0.611. The Kier molecular flexibility index (Phi) is 1.79. The van der Waals surface area contributed by atoms with E-state index in [4.69, 9.17) is 0 Å². The fourth-order valence-electron chi connectivity index (χ4n) is 5.40. The Hall–Kier alpha value is -0.530. The molecule has 5 aliphatic rings. The summed E-state index contributed by atoms with van der Waals surface area (Å²) in [5, 5.41) is 0. The molecule has 4 saturated carbocycles. The van der Waals surface area contributed by atoms with Gasteiger partial charge < -0.3 is 0 Å². The summed E-state index contributed by atoms with van der Waals surface area (Å²) in [6.07, 6.45) is 11.6. The van der Waals surface area contributed by atoms with E-state index in [1.165, 1.54) is 32.4 Å². The highest BCUT2D eigenvalue weighted by atomic mass is 15.3. The Morgan fingerprint density at radius 1 is 1.06 bits per heavy atom. The molecule has 2 nitrogen and oxygen atoms in total. The number of rotatable bonds is 1. The van der Waals surface area contributed by atoms with Gasteiger partial charge in [-0.3, -0.25) is 9.48 Å². The Morgan fingerprint density at radius 3 is 2.06 bits per heavy atom. The van der Waals surface area contributed by atoms with Crippen molar-refractivity contribution in [1.82, 2.24) is 4.90 Å². The molecule has 0 N–H and O–H groups in total. The number of likely N-dealkylation sites (N-methyl/N-ethyl adjacent to an activating group) is 1. The second-order valence-electron chi connectivity index (χ2n) is 6.93. The van der Waals surface area contributed by atoms with Gasteiger partial charge in [0.25, 0.3) is 0 Å². The van der Waals surface area contributed by atoms with Crippen LogP contribution in [0.15, 0.2) is 0 Å². The molecule has 5 rings (SSSR count). The minimum Gasteiger partial charge on any atom is -0.267 e. The molecule has 0 amide bonds. The van der Waals surface area contributed by atoms with Crippen LogP contribution in [0.4, 0.5) is 0 Å². The minimum atomic E-state index is 0.597. The van der Waals surface area contributed by atoms with E-state index in [-0.39, 0.29) is 0 Å². The lowest BCUT2D eigenvalue weighted by molar-refractivity contribution is -0.482. The summed E-state index contributed by atoms with van der Waals surface area (Å²) in [5.41, 5.74) is 0.597. The second-order valence-corrected chi connectivity index (χ2v) is 6.93. The van der Waals surface area contributed by atoms with Crippen molar-refractivity contribution >= 4 is 6.34 Å². The normalized spacial score (nSPS) is 49.9. The van der Waals surface area contributed by atoms with E-state index in [1.54, 1.807) is 19.3 Å². The Labute approximate surface area is 98.3 Å². The summed E-state index contributed by atoms with van der Waals surface area (Å²) >= 11 is 0. The molecule has 88 valence electrons. The van der Waals surface area contributed by atoms with Crippen LogP contribution in [0, 0.1) is 17.8 Å². The molecule has 0 aromatic rings. The molecule has 4 aliphatic carbocycles. The average molecular weight is 219 g/mol. The largest absolute Gasteiger partial charge is 0.267 e. The van der Waals surface area contributed by atoms with Crippen molar-refractivity contribution in [3.63, 3.8) is 0 Å². The lowest BCUT2D eigenvalue weighted by Gasteiger charge is -2.56. The van der Waals surface area contributed by atoms with Crippen LogP contribution in [0.3, 0.4) is 0 Å². The fourth-order valence-corrected chi connectivity index (χ4v) is 5.40. The van der Waals surface area contributed by atoms with E-state index < -0.39 is 0 Å². The van der Waals surface area contributed by atoms with Crippen LogP contribution in [-0.4, -0.2) is 41.5 Å². The summed E-state index contributed by atoms with van der Waals surface area (Å²) in [7, 11) is 2.22. The van der Waals surface area contributed by atoms with Crippen molar-refractivity contribution in [2.75, 3.05) is 20.1 Å². The van der Waals surface area contributed by atoms with Crippen LogP contribution >= 0.6 is 0 Å². The van der Waals surface area contributed by atoms with Gasteiger partial charge in [0.15, 0.2) is 0 Å². The van der Waals surface area contributed by atoms with Gasteiger partial charge in [-0.15, -0.1) is 0 Å². The molecule has 1 heterocycles. The van der Waals surface area contributed by atoms with E-state index in [0.29, 0.717) is 5.54 Å². The number of hydrogen-bond acceptors (Lipinski definition) is 1. The third-order valence-corrected chi connectivity index (χ3v) is 5.65. The van der Waals surface area contributed by atoms with E-state index in [1.807, 2.05) is 0 Å². The van der Waals surface area contributed by atoms with Gasteiger partial charge in [-0.1, -0.05) is 0 Å². The average Bonchev–Trinajstić information content (AvgIpc) is 2.63. The number of hydrogen-bond donors (Lipinski definition) is 0. The third-order valence-electron chi connectivity index (χ3n) is 5.65. The smallest absolute Gasteiger partial charge is 0.234 e. The molecular weight excluding hydrogens is 196 g/mol. The van der Waals surface area contributed by atoms with Gasteiger partial charge in [0.2, 0.25) is 6.34 Å². The lowest BCUT2D eigenvalue weighted by atomic mass is 9.52. The molecule has 2 heteroatoms. The van der Waals surface area contributed by atoms with E-state index in [9.17, 15) is 0 Å². The standard InChI is InChI=1S/C14H23N2/c1-15-2-3-16(10-15)14-7-11-4-12(8-14)6-13(5-11)9-14/h10-13H,2-9H2,1H3/q+1. The first kappa shape index (κ1) is 9.49. The first-order valence-electron chi connectivity index (χ1n) is 7.05. The molecule has 0 spiro atoms. The molecule has 1 aliphatic heterocycles. The molecule has 0 atom stereocenters. The third kappa shape index (κ3) is 1.22. The van der Waals surface area contributed by atoms with Crippen molar-refractivity contribution in [1.29, 1.82) is 0 Å². The number of nitrogens with zero attached hydrogens (tertiary/aromatic N) is 2. The SMILES string of the molecule is C[N+]1=CN(C23CC4CC(CC(C4)C2)C3)CC1. The summed E-state index contributed by atoms with van der Waals surface area (Å²) in [6, 6.07) is 0. The van der Waals surface area contributed by atoms with Crippen molar-refractivity contribution in [2.24, 2.45) is 17.8 Å². The second kappa shape index (κ2) is 3.02. The molecule has 0 aromatic carbocycles. The summed E-state index contributed by atoms with van der Waals surface area (Å²) in [6.45, 7) is 2.52. The molecular formula is C14H23N2+. The van der Waals surface area contributed by atoms with Crippen molar-refractivity contribution in [2.45, 2.75) is 44.1 Å².